The van der Waals surface area contributed by atoms with Crippen LogP contribution in [0, 0.1) is 5.92 Å². The Morgan fingerprint density at radius 2 is 1.73 bits per heavy atom. The molecule has 1 heterocycles. The number of esters is 1. The molecule has 3 rings (SSSR count). The minimum atomic E-state index is -0.606. The van der Waals surface area contributed by atoms with Gasteiger partial charge in [0.1, 0.15) is 12.7 Å². The lowest BCUT2D eigenvalue weighted by atomic mass is 9.96. The summed E-state index contributed by atoms with van der Waals surface area (Å²) in [5.41, 5.74) is 3.12. The number of amides is 1. The fraction of sp³-hybridized carbons (Fsp3) is 0.333. The molecule has 5 nitrogen and oxygen atoms in total. The van der Waals surface area contributed by atoms with Gasteiger partial charge in [0.15, 0.2) is 6.04 Å². The van der Waals surface area contributed by atoms with Crippen LogP contribution in [0.4, 0.5) is 4.79 Å². The van der Waals surface area contributed by atoms with Crippen LogP contribution >= 0.6 is 0 Å². The average molecular weight is 353 g/mol. The van der Waals surface area contributed by atoms with Crippen LogP contribution in [0.15, 0.2) is 54.6 Å². The van der Waals surface area contributed by atoms with Crippen molar-refractivity contribution in [3.8, 4) is 11.1 Å². The van der Waals surface area contributed by atoms with Crippen molar-refractivity contribution < 1.29 is 19.1 Å². The maximum Gasteiger partial charge on any atom is 0.408 e. The van der Waals surface area contributed by atoms with Crippen LogP contribution in [0.25, 0.3) is 11.1 Å². The number of hydrogen-bond acceptors (Lipinski definition) is 4. The molecule has 2 aromatic rings. The standard InChI is InChI=1S/C21H23NO4/c1-14(2)12-18-19(20(23)26-18)22-21(24)25-13-15-8-10-17(11-9-15)16-6-4-3-5-7-16/h3-11,14,18-19H,12-13H2,1-2H3,(H,22,24)/t18-,19-/m1/s1. The van der Waals surface area contributed by atoms with Crippen LogP contribution in [0.5, 0.6) is 0 Å². The van der Waals surface area contributed by atoms with Gasteiger partial charge in [0, 0.05) is 0 Å². The van der Waals surface area contributed by atoms with Crippen LogP contribution in [-0.4, -0.2) is 24.2 Å². The number of cyclic esters (lactones) is 1. The number of benzene rings is 2. The Balaban J connectivity index is 1.49. The summed E-state index contributed by atoms with van der Waals surface area (Å²) >= 11 is 0. The van der Waals surface area contributed by atoms with E-state index in [-0.39, 0.29) is 12.7 Å². The Kier molecular flexibility index (Phi) is 5.56. The summed E-state index contributed by atoms with van der Waals surface area (Å²) in [5.74, 6) is -0.0173. The van der Waals surface area contributed by atoms with Crippen LogP contribution in [-0.2, 0) is 20.9 Å². The molecule has 1 N–H and O–H groups in total. The zero-order valence-corrected chi connectivity index (χ0v) is 15.0. The summed E-state index contributed by atoms with van der Waals surface area (Å²) in [6, 6.07) is 17.3. The number of carbonyl (C=O) groups excluding carboxylic acids is 2. The van der Waals surface area contributed by atoms with E-state index < -0.39 is 18.1 Å². The van der Waals surface area contributed by atoms with E-state index in [0.717, 1.165) is 23.1 Å². The van der Waals surface area contributed by atoms with Crippen LogP contribution in [0.3, 0.4) is 0 Å². The molecule has 0 saturated carbocycles. The van der Waals surface area contributed by atoms with Gasteiger partial charge in [0.05, 0.1) is 0 Å². The first-order valence-corrected chi connectivity index (χ1v) is 8.81. The third kappa shape index (κ3) is 4.42. The first-order chi connectivity index (χ1) is 12.5. The van der Waals surface area contributed by atoms with Crippen LogP contribution in [0.1, 0.15) is 25.8 Å². The Morgan fingerprint density at radius 1 is 1.08 bits per heavy atom. The summed E-state index contributed by atoms with van der Waals surface area (Å²) in [4.78, 5) is 23.5. The summed E-state index contributed by atoms with van der Waals surface area (Å²) in [6.45, 7) is 4.23. The molecule has 1 fully saturated rings. The number of hydrogen-bond donors (Lipinski definition) is 1. The maximum atomic E-state index is 11.9. The smallest absolute Gasteiger partial charge is 0.408 e. The molecular weight excluding hydrogens is 330 g/mol. The summed E-state index contributed by atoms with van der Waals surface area (Å²) in [6.07, 6.45) is -0.148. The molecule has 2 atom stereocenters. The predicted octanol–water partition coefficient (Wildman–Crippen LogP) is 3.92. The van der Waals surface area contributed by atoms with Crippen molar-refractivity contribution in [3.63, 3.8) is 0 Å². The van der Waals surface area contributed by atoms with Crippen LogP contribution < -0.4 is 5.32 Å². The normalized spacial score (nSPS) is 18.8. The Bertz CT molecular complexity index is 755. The predicted molar refractivity (Wildman–Crippen MR) is 98.3 cm³/mol. The van der Waals surface area contributed by atoms with Gasteiger partial charge < -0.3 is 14.8 Å². The number of carbonyl (C=O) groups is 2. The zero-order valence-electron chi connectivity index (χ0n) is 15.0. The zero-order chi connectivity index (χ0) is 18.5. The Hall–Kier alpha value is -2.82. The molecule has 1 saturated heterocycles. The molecule has 26 heavy (non-hydrogen) atoms. The SMILES string of the molecule is CC(C)C[C@H]1OC(=O)[C@@H]1NC(=O)OCc1ccc(-c2ccccc2)cc1. The number of rotatable bonds is 6. The van der Waals surface area contributed by atoms with Crippen molar-refractivity contribution >= 4 is 12.1 Å². The second-order valence-electron chi connectivity index (χ2n) is 6.87. The van der Waals surface area contributed by atoms with Gasteiger partial charge in [-0.25, -0.2) is 9.59 Å². The number of nitrogens with one attached hydrogen (secondary N) is 1. The summed E-state index contributed by atoms with van der Waals surface area (Å²) in [5, 5.41) is 2.59. The van der Waals surface area contributed by atoms with E-state index in [2.05, 4.69) is 5.32 Å². The molecule has 0 unspecified atom stereocenters. The Labute approximate surface area is 153 Å². The number of alkyl carbamates (subject to hydrolysis) is 1. The molecule has 1 amide bonds. The third-order valence-corrected chi connectivity index (χ3v) is 4.30. The molecule has 0 aromatic heterocycles. The maximum absolute atomic E-state index is 11.9. The monoisotopic (exact) mass is 353 g/mol. The summed E-state index contributed by atoms with van der Waals surface area (Å²) in [7, 11) is 0. The molecule has 0 radical (unpaired) electrons. The molecule has 0 bridgehead atoms. The van der Waals surface area contributed by atoms with Gasteiger partial charge in [-0.15, -0.1) is 0 Å². The molecule has 0 aliphatic carbocycles. The second kappa shape index (κ2) is 8.04. The van der Waals surface area contributed by atoms with E-state index in [1.807, 2.05) is 68.4 Å². The van der Waals surface area contributed by atoms with Gasteiger partial charge in [-0.3, -0.25) is 0 Å². The van der Waals surface area contributed by atoms with Crippen molar-refractivity contribution in [2.75, 3.05) is 0 Å². The number of ether oxygens (including phenoxy) is 2. The van der Waals surface area contributed by atoms with E-state index in [4.69, 9.17) is 9.47 Å². The largest absolute Gasteiger partial charge is 0.458 e. The highest BCUT2D eigenvalue weighted by Gasteiger charge is 2.43. The fourth-order valence-electron chi connectivity index (χ4n) is 2.91. The van der Waals surface area contributed by atoms with E-state index in [1.54, 1.807) is 0 Å². The van der Waals surface area contributed by atoms with Crippen molar-refractivity contribution in [2.45, 2.75) is 39.0 Å². The van der Waals surface area contributed by atoms with Gasteiger partial charge in [-0.2, -0.15) is 0 Å². The lowest BCUT2D eigenvalue weighted by Gasteiger charge is -2.36. The van der Waals surface area contributed by atoms with E-state index in [1.165, 1.54) is 0 Å². The minimum Gasteiger partial charge on any atom is -0.458 e. The molecule has 0 spiro atoms. The quantitative estimate of drug-likeness (QED) is 0.800. The molecular formula is C21H23NO4. The topological polar surface area (TPSA) is 64.6 Å². The van der Waals surface area contributed by atoms with Crippen molar-refractivity contribution in [3.05, 3.63) is 60.2 Å². The van der Waals surface area contributed by atoms with Crippen molar-refractivity contribution in [1.82, 2.24) is 5.32 Å². The Morgan fingerprint density at radius 3 is 2.35 bits per heavy atom. The third-order valence-electron chi connectivity index (χ3n) is 4.30. The van der Waals surface area contributed by atoms with E-state index in [0.29, 0.717) is 5.92 Å². The molecule has 1 aliphatic heterocycles. The molecule has 2 aromatic carbocycles. The highest BCUT2D eigenvalue weighted by atomic mass is 16.6. The minimum absolute atomic E-state index is 0.150. The molecule has 5 heteroatoms. The fourth-order valence-corrected chi connectivity index (χ4v) is 2.91. The highest BCUT2D eigenvalue weighted by molar-refractivity contribution is 5.86. The molecule has 136 valence electrons. The van der Waals surface area contributed by atoms with Crippen LogP contribution in [0.2, 0.25) is 0 Å². The van der Waals surface area contributed by atoms with E-state index >= 15 is 0 Å². The lowest BCUT2D eigenvalue weighted by Crippen LogP contribution is -2.60. The molecule has 1 aliphatic rings. The first kappa shape index (κ1) is 18.0. The lowest BCUT2D eigenvalue weighted by molar-refractivity contribution is -0.177. The van der Waals surface area contributed by atoms with Gasteiger partial charge in [-0.1, -0.05) is 68.4 Å². The highest BCUT2D eigenvalue weighted by Crippen LogP contribution is 2.22. The van der Waals surface area contributed by atoms with Crippen molar-refractivity contribution in [1.29, 1.82) is 0 Å². The average Bonchev–Trinajstić information content (AvgIpc) is 2.65. The summed E-state index contributed by atoms with van der Waals surface area (Å²) < 4.78 is 10.3. The first-order valence-electron chi connectivity index (χ1n) is 8.81. The van der Waals surface area contributed by atoms with Crippen molar-refractivity contribution in [2.24, 2.45) is 5.92 Å². The van der Waals surface area contributed by atoms with Gasteiger partial charge in [0.25, 0.3) is 0 Å². The van der Waals surface area contributed by atoms with E-state index in [9.17, 15) is 9.59 Å². The van der Waals surface area contributed by atoms with Gasteiger partial charge in [-0.05, 0) is 29.0 Å². The van der Waals surface area contributed by atoms with Gasteiger partial charge >= 0.3 is 12.1 Å². The second-order valence-corrected chi connectivity index (χ2v) is 6.87. The van der Waals surface area contributed by atoms with Gasteiger partial charge in [0.2, 0.25) is 0 Å².